The molecule has 0 saturated carbocycles. The third-order valence-electron chi connectivity index (χ3n) is 2.29. The predicted molar refractivity (Wildman–Crippen MR) is 77.0 cm³/mol. The third kappa shape index (κ3) is 2.73. The normalized spacial score (nSPS) is 10.1. The first kappa shape index (κ1) is 12.7. The third-order valence-corrected chi connectivity index (χ3v) is 3.18. The molecule has 18 heavy (non-hydrogen) atoms. The van der Waals surface area contributed by atoms with Crippen LogP contribution in [0.1, 0.15) is 10.4 Å². The van der Waals surface area contributed by atoms with Gasteiger partial charge < -0.3 is 15.6 Å². The number of para-hydroxylation sites is 1. The molecule has 92 valence electrons. The zero-order chi connectivity index (χ0) is 13.1. The van der Waals surface area contributed by atoms with Crippen molar-refractivity contribution in [2.24, 2.45) is 0 Å². The van der Waals surface area contributed by atoms with Crippen molar-refractivity contribution in [1.29, 1.82) is 0 Å². The summed E-state index contributed by atoms with van der Waals surface area (Å²) in [6.45, 7) is 0. The predicted octanol–water partition coefficient (Wildman–Crippen LogP) is 3.36. The smallest absolute Gasteiger partial charge is 0.339 e. The van der Waals surface area contributed by atoms with E-state index < -0.39 is 5.97 Å². The van der Waals surface area contributed by atoms with Crippen molar-refractivity contribution in [2.45, 2.75) is 0 Å². The van der Waals surface area contributed by atoms with E-state index in [2.05, 4.69) is 22.6 Å². The maximum absolute atomic E-state index is 11.1. The highest BCUT2D eigenvalue weighted by Crippen LogP contribution is 2.30. The van der Waals surface area contributed by atoms with E-state index in [1.807, 2.05) is 18.2 Å². The molecule has 0 amide bonds. The summed E-state index contributed by atoms with van der Waals surface area (Å²) < 4.78 is 6.52. The zero-order valence-electron chi connectivity index (χ0n) is 9.26. The van der Waals surface area contributed by atoms with Gasteiger partial charge in [0.05, 0.1) is 3.57 Å². The van der Waals surface area contributed by atoms with Gasteiger partial charge in [-0.3, -0.25) is 0 Å². The minimum Gasteiger partial charge on any atom is -0.478 e. The molecule has 0 radical (unpaired) electrons. The molecule has 0 bridgehead atoms. The summed E-state index contributed by atoms with van der Waals surface area (Å²) in [4.78, 5) is 11.1. The van der Waals surface area contributed by atoms with Crippen LogP contribution in [0.15, 0.2) is 42.5 Å². The van der Waals surface area contributed by atoms with Crippen molar-refractivity contribution in [3.05, 3.63) is 51.6 Å². The van der Waals surface area contributed by atoms with E-state index in [4.69, 9.17) is 15.6 Å². The maximum Gasteiger partial charge on any atom is 0.339 e. The van der Waals surface area contributed by atoms with Crippen LogP contribution < -0.4 is 10.5 Å². The van der Waals surface area contributed by atoms with Crippen LogP contribution in [0.4, 0.5) is 5.69 Å². The fourth-order valence-corrected chi connectivity index (χ4v) is 1.95. The molecule has 0 aromatic heterocycles. The Morgan fingerprint density at radius 1 is 1.17 bits per heavy atom. The fourth-order valence-electron chi connectivity index (χ4n) is 1.45. The molecule has 4 nitrogen and oxygen atoms in total. The van der Waals surface area contributed by atoms with Gasteiger partial charge in [0.2, 0.25) is 0 Å². The summed E-state index contributed by atoms with van der Waals surface area (Å²) in [5, 5.41) is 9.10. The quantitative estimate of drug-likeness (QED) is 0.654. The van der Waals surface area contributed by atoms with Gasteiger partial charge in [-0.1, -0.05) is 12.1 Å². The minimum absolute atomic E-state index is 0.0506. The van der Waals surface area contributed by atoms with Gasteiger partial charge >= 0.3 is 5.97 Å². The number of nitrogens with two attached hydrogens (primary N) is 1. The van der Waals surface area contributed by atoms with Crippen LogP contribution in [0.3, 0.4) is 0 Å². The van der Waals surface area contributed by atoms with Crippen molar-refractivity contribution in [3.63, 3.8) is 0 Å². The number of carboxylic acid groups (broad SMARTS) is 1. The summed E-state index contributed by atoms with van der Waals surface area (Å²) in [6.07, 6.45) is 0. The van der Waals surface area contributed by atoms with Crippen LogP contribution in [0.2, 0.25) is 0 Å². The molecule has 0 aliphatic carbocycles. The zero-order valence-corrected chi connectivity index (χ0v) is 11.4. The Morgan fingerprint density at radius 2 is 1.89 bits per heavy atom. The number of carboxylic acids is 1. The number of hydrogen-bond donors (Lipinski definition) is 2. The van der Waals surface area contributed by atoms with Crippen molar-refractivity contribution in [3.8, 4) is 11.5 Å². The van der Waals surface area contributed by atoms with Gasteiger partial charge in [-0.15, -0.1) is 0 Å². The summed E-state index contributed by atoms with van der Waals surface area (Å²) in [6, 6.07) is 11.9. The molecule has 0 unspecified atom stereocenters. The van der Waals surface area contributed by atoms with Gasteiger partial charge in [0, 0.05) is 5.69 Å². The number of nitrogen functional groups attached to an aromatic ring is 1. The molecule has 2 aromatic rings. The molecule has 0 atom stereocenters. The van der Waals surface area contributed by atoms with Gasteiger partial charge in [-0.2, -0.15) is 0 Å². The SMILES string of the molecule is Nc1ccc(Oc2ccccc2I)c(C(=O)O)c1. The van der Waals surface area contributed by atoms with Crippen molar-refractivity contribution < 1.29 is 14.6 Å². The molecule has 5 heteroatoms. The second kappa shape index (κ2) is 5.26. The van der Waals surface area contributed by atoms with E-state index >= 15 is 0 Å². The molecule has 0 spiro atoms. The minimum atomic E-state index is -1.07. The lowest BCUT2D eigenvalue weighted by Gasteiger charge is -2.10. The molecular formula is C13H10INO3. The molecule has 0 aliphatic rings. The fraction of sp³-hybridized carbons (Fsp3) is 0. The summed E-state index contributed by atoms with van der Waals surface area (Å²) in [7, 11) is 0. The van der Waals surface area contributed by atoms with E-state index in [0.717, 1.165) is 3.57 Å². The van der Waals surface area contributed by atoms with Crippen LogP contribution in [-0.4, -0.2) is 11.1 Å². The number of anilines is 1. The molecule has 0 saturated heterocycles. The lowest BCUT2D eigenvalue weighted by atomic mass is 10.2. The Labute approximate surface area is 118 Å². The highest BCUT2D eigenvalue weighted by Gasteiger charge is 2.13. The van der Waals surface area contributed by atoms with E-state index in [1.54, 1.807) is 18.2 Å². The highest BCUT2D eigenvalue weighted by molar-refractivity contribution is 14.1. The lowest BCUT2D eigenvalue weighted by molar-refractivity contribution is 0.0694. The molecule has 2 aromatic carbocycles. The molecule has 0 aliphatic heterocycles. The van der Waals surface area contributed by atoms with Gasteiger partial charge in [0.15, 0.2) is 0 Å². The van der Waals surface area contributed by atoms with Gasteiger partial charge in [0.25, 0.3) is 0 Å². The molecule has 0 fully saturated rings. The first-order valence-corrected chi connectivity index (χ1v) is 6.21. The Balaban J connectivity index is 2.41. The van der Waals surface area contributed by atoms with Crippen molar-refractivity contribution in [1.82, 2.24) is 0 Å². The summed E-state index contributed by atoms with van der Waals surface area (Å²) in [5.74, 6) is -0.172. The number of hydrogen-bond acceptors (Lipinski definition) is 3. The van der Waals surface area contributed by atoms with Crippen LogP contribution >= 0.6 is 22.6 Å². The first-order valence-electron chi connectivity index (χ1n) is 5.13. The number of rotatable bonds is 3. The van der Waals surface area contributed by atoms with Crippen LogP contribution in [-0.2, 0) is 0 Å². The number of halogens is 1. The molecule has 3 N–H and O–H groups in total. The lowest BCUT2D eigenvalue weighted by Crippen LogP contribution is -2.01. The highest BCUT2D eigenvalue weighted by atomic mass is 127. The Bertz CT molecular complexity index is 599. The average Bonchev–Trinajstić information content (AvgIpc) is 2.34. The topological polar surface area (TPSA) is 72.5 Å². The molecule has 2 rings (SSSR count). The molecule has 0 heterocycles. The number of carbonyl (C=O) groups is 1. The van der Waals surface area contributed by atoms with Gasteiger partial charge in [0.1, 0.15) is 17.1 Å². The standard InChI is InChI=1S/C13H10INO3/c14-10-3-1-2-4-12(10)18-11-6-5-8(15)7-9(11)13(16)17/h1-7H,15H2,(H,16,17). The summed E-state index contributed by atoms with van der Waals surface area (Å²) >= 11 is 2.13. The number of benzene rings is 2. The Hall–Kier alpha value is -1.76. The van der Waals surface area contributed by atoms with Crippen LogP contribution in [0.25, 0.3) is 0 Å². The average molecular weight is 355 g/mol. The number of aromatic carboxylic acids is 1. The summed E-state index contributed by atoms with van der Waals surface area (Å²) in [5.41, 5.74) is 6.01. The Morgan fingerprint density at radius 3 is 2.56 bits per heavy atom. The second-order valence-corrected chi connectivity index (χ2v) is 4.76. The van der Waals surface area contributed by atoms with Crippen LogP contribution in [0.5, 0.6) is 11.5 Å². The van der Waals surface area contributed by atoms with E-state index in [9.17, 15) is 4.79 Å². The van der Waals surface area contributed by atoms with Crippen molar-refractivity contribution in [2.75, 3.05) is 5.73 Å². The number of ether oxygens (including phenoxy) is 1. The van der Waals surface area contributed by atoms with Crippen molar-refractivity contribution >= 4 is 34.2 Å². The Kier molecular flexibility index (Phi) is 3.71. The second-order valence-electron chi connectivity index (χ2n) is 3.59. The van der Waals surface area contributed by atoms with Crippen LogP contribution in [0, 0.1) is 3.57 Å². The van der Waals surface area contributed by atoms with E-state index in [-0.39, 0.29) is 11.3 Å². The molecular weight excluding hydrogens is 345 g/mol. The monoisotopic (exact) mass is 355 g/mol. The van der Waals surface area contributed by atoms with Gasteiger partial charge in [-0.25, -0.2) is 4.79 Å². The van der Waals surface area contributed by atoms with E-state index in [0.29, 0.717) is 11.4 Å². The largest absolute Gasteiger partial charge is 0.478 e. The first-order chi connectivity index (χ1) is 8.58. The van der Waals surface area contributed by atoms with E-state index in [1.165, 1.54) is 6.07 Å². The van der Waals surface area contributed by atoms with Gasteiger partial charge in [-0.05, 0) is 52.9 Å². The maximum atomic E-state index is 11.1.